The quantitative estimate of drug-likeness (QED) is 0.205. The Balaban J connectivity index is 2.17. The van der Waals surface area contributed by atoms with E-state index < -0.39 is 40.2 Å². The molecule has 3 aromatic carbocycles. The van der Waals surface area contributed by atoms with E-state index in [1.807, 2.05) is 0 Å². The first-order valence-electron chi connectivity index (χ1n) is 8.34. The highest BCUT2D eigenvalue weighted by atomic mass is 19.2. The molecule has 0 nitrogen and oxygen atoms in total. The molecule has 0 radical (unpaired) electrons. The summed E-state index contributed by atoms with van der Waals surface area (Å²) in [7, 11) is 0. The molecule has 29 heavy (non-hydrogen) atoms. The molecule has 0 aliphatic carbocycles. The van der Waals surface area contributed by atoms with Crippen LogP contribution in [0.4, 0.5) is 22.0 Å². The zero-order valence-electron chi connectivity index (χ0n) is 14.7. The lowest BCUT2D eigenvalue weighted by molar-refractivity contribution is 0.406. The lowest BCUT2D eigenvalue weighted by atomic mass is 10.1. The van der Waals surface area contributed by atoms with E-state index in [0.29, 0.717) is 11.1 Å². The van der Waals surface area contributed by atoms with Gasteiger partial charge in [-0.05, 0) is 42.2 Å². The van der Waals surface area contributed by atoms with E-state index in [-0.39, 0.29) is 6.07 Å². The standard InChI is InChI=1S/C24H11F5/c25-20-15-19(22(27)24(29)23(20)28)21(26)18(13-11-16-7-3-1-4-8-16)14-12-17-9-5-2-6-10-17/h1-10,15H. The minimum atomic E-state index is -2.11. The third-order valence-electron chi connectivity index (χ3n) is 3.77. The summed E-state index contributed by atoms with van der Waals surface area (Å²) in [4.78, 5) is 0. The van der Waals surface area contributed by atoms with Gasteiger partial charge >= 0.3 is 0 Å². The predicted octanol–water partition coefficient (Wildman–Crippen LogP) is 6.03. The van der Waals surface area contributed by atoms with Gasteiger partial charge in [0.2, 0.25) is 0 Å². The van der Waals surface area contributed by atoms with Crippen molar-refractivity contribution < 1.29 is 22.0 Å². The molecule has 0 amide bonds. The molecule has 3 aromatic rings. The average Bonchev–Trinajstić information content (AvgIpc) is 2.76. The molecule has 0 atom stereocenters. The van der Waals surface area contributed by atoms with Crippen molar-refractivity contribution in [1.82, 2.24) is 0 Å². The molecule has 0 unspecified atom stereocenters. The van der Waals surface area contributed by atoms with Gasteiger partial charge in [0.25, 0.3) is 0 Å². The van der Waals surface area contributed by atoms with Gasteiger partial charge < -0.3 is 0 Å². The summed E-state index contributed by atoms with van der Waals surface area (Å²) in [6.45, 7) is 0. The summed E-state index contributed by atoms with van der Waals surface area (Å²) in [6.07, 6.45) is 0. The van der Waals surface area contributed by atoms with Crippen LogP contribution in [-0.4, -0.2) is 0 Å². The van der Waals surface area contributed by atoms with E-state index >= 15 is 0 Å². The van der Waals surface area contributed by atoms with Crippen LogP contribution in [0.15, 0.2) is 72.3 Å². The highest BCUT2D eigenvalue weighted by molar-refractivity contribution is 5.73. The van der Waals surface area contributed by atoms with E-state index in [9.17, 15) is 22.0 Å². The molecule has 0 saturated carbocycles. The van der Waals surface area contributed by atoms with Crippen molar-refractivity contribution in [3.8, 4) is 23.7 Å². The highest BCUT2D eigenvalue weighted by Crippen LogP contribution is 2.27. The van der Waals surface area contributed by atoms with Crippen LogP contribution in [0, 0.1) is 47.0 Å². The van der Waals surface area contributed by atoms with Crippen molar-refractivity contribution in [2.75, 3.05) is 0 Å². The lowest BCUT2D eigenvalue weighted by Crippen LogP contribution is -2.01. The van der Waals surface area contributed by atoms with E-state index in [1.165, 1.54) is 0 Å². The van der Waals surface area contributed by atoms with Crippen LogP contribution in [0.1, 0.15) is 16.7 Å². The first-order valence-corrected chi connectivity index (χ1v) is 8.34. The molecule has 142 valence electrons. The largest absolute Gasteiger partial charge is 0.204 e. The SMILES string of the molecule is FC(=C(C#Cc1ccccc1)C#Cc1ccccc1)c1cc(F)c(F)c(F)c1F. The molecule has 0 N–H and O–H groups in total. The van der Waals surface area contributed by atoms with Gasteiger partial charge in [-0.1, -0.05) is 48.2 Å². The summed E-state index contributed by atoms with van der Waals surface area (Å²) in [5.74, 6) is 1.13. The van der Waals surface area contributed by atoms with Crippen LogP contribution in [0.5, 0.6) is 0 Å². The Morgan fingerprint density at radius 3 is 1.59 bits per heavy atom. The van der Waals surface area contributed by atoms with Crippen LogP contribution in [-0.2, 0) is 0 Å². The summed E-state index contributed by atoms with van der Waals surface area (Å²) >= 11 is 0. The number of hydrogen-bond acceptors (Lipinski definition) is 0. The topological polar surface area (TPSA) is 0 Å². The van der Waals surface area contributed by atoms with Gasteiger partial charge in [-0.3, -0.25) is 0 Å². The number of rotatable bonds is 1. The maximum absolute atomic E-state index is 14.9. The molecule has 0 aliphatic rings. The van der Waals surface area contributed by atoms with E-state index in [2.05, 4.69) is 23.7 Å². The predicted molar refractivity (Wildman–Crippen MR) is 101 cm³/mol. The monoisotopic (exact) mass is 394 g/mol. The Hall–Kier alpha value is -3.83. The Morgan fingerprint density at radius 2 is 1.10 bits per heavy atom. The van der Waals surface area contributed by atoms with Crippen molar-refractivity contribution in [1.29, 1.82) is 0 Å². The first kappa shape index (κ1) is 19.9. The van der Waals surface area contributed by atoms with Crippen LogP contribution in [0.25, 0.3) is 5.83 Å². The smallest absolute Gasteiger partial charge is 0.198 e. The molecule has 0 bridgehead atoms. The molecular weight excluding hydrogens is 383 g/mol. The van der Waals surface area contributed by atoms with Crippen LogP contribution in [0.3, 0.4) is 0 Å². The molecule has 0 fully saturated rings. The van der Waals surface area contributed by atoms with Gasteiger partial charge in [0.15, 0.2) is 29.1 Å². The Morgan fingerprint density at radius 1 is 0.621 bits per heavy atom. The maximum Gasteiger partial charge on any atom is 0.198 e. The highest BCUT2D eigenvalue weighted by Gasteiger charge is 2.22. The summed E-state index contributed by atoms with van der Waals surface area (Å²) in [5, 5.41) is 0. The van der Waals surface area contributed by atoms with Crippen molar-refractivity contribution in [2.24, 2.45) is 0 Å². The second-order valence-corrected chi connectivity index (χ2v) is 5.77. The second kappa shape index (κ2) is 8.91. The minimum absolute atomic E-state index is 0.234. The van der Waals surface area contributed by atoms with E-state index in [0.717, 1.165) is 0 Å². The number of halogens is 5. The van der Waals surface area contributed by atoms with Crippen LogP contribution >= 0.6 is 0 Å². The van der Waals surface area contributed by atoms with Crippen molar-refractivity contribution in [3.05, 3.63) is 112 Å². The van der Waals surface area contributed by atoms with Gasteiger partial charge in [-0.2, -0.15) is 0 Å². The number of allylic oxidation sites excluding steroid dienone is 1. The summed E-state index contributed by atoms with van der Waals surface area (Å²) < 4.78 is 69.2. The molecule has 0 heterocycles. The van der Waals surface area contributed by atoms with E-state index in [1.54, 1.807) is 60.7 Å². The fraction of sp³-hybridized carbons (Fsp3) is 0. The molecular formula is C24H11F5. The molecule has 5 heteroatoms. The minimum Gasteiger partial charge on any atom is -0.204 e. The Kier molecular flexibility index (Phi) is 6.12. The second-order valence-electron chi connectivity index (χ2n) is 5.77. The van der Waals surface area contributed by atoms with Gasteiger partial charge in [-0.25, -0.2) is 22.0 Å². The van der Waals surface area contributed by atoms with Gasteiger partial charge in [0.05, 0.1) is 5.56 Å². The van der Waals surface area contributed by atoms with Crippen molar-refractivity contribution in [2.45, 2.75) is 0 Å². The van der Waals surface area contributed by atoms with E-state index in [4.69, 9.17) is 0 Å². The molecule has 0 aromatic heterocycles. The van der Waals surface area contributed by atoms with Gasteiger partial charge in [0.1, 0.15) is 5.57 Å². The lowest BCUT2D eigenvalue weighted by Gasteiger charge is -2.04. The van der Waals surface area contributed by atoms with Crippen LogP contribution in [0.2, 0.25) is 0 Å². The van der Waals surface area contributed by atoms with Crippen molar-refractivity contribution in [3.63, 3.8) is 0 Å². The Labute approximate surface area is 164 Å². The number of hydrogen-bond donors (Lipinski definition) is 0. The van der Waals surface area contributed by atoms with Gasteiger partial charge in [-0.15, -0.1) is 0 Å². The average molecular weight is 394 g/mol. The van der Waals surface area contributed by atoms with Crippen LogP contribution < -0.4 is 0 Å². The van der Waals surface area contributed by atoms with Gasteiger partial charge in [0, 0.05) is 11.1 Å². The summed E-state index contributed by atoms with van der Waals surface area (Å²) in [5.41, 5.74) is -0.546. The molecule has 3 rings (SSSR count). The normalized spacial score (nSPS) is 9.69. The maximum atomic E-state index is 14.9. The summed E-state index contributed by atoms with van der Waals surface area (Å²) in [6, 6.07) is 17.2. The number of benzene rings is 3. The molecule has 0 spiro atoms. The first-order chi connectivity index (χ1) is 14.0. The fourth-order valence-corrected chi connectivity index (χ4v) is 2.32. The molecule has 0 saturated heterocycles. The third-order valence-corrected chi connectivity index (χ3v) is 3.77. The third kappa shape index (κ3) is 4.72. The molecule has 0 aliphatic heterocycles. The zero-order valence-corrected chi connectivity index (χ0v) is 14.7. The Bertz CT molecular complexity index is 1130. The fourth-order valence-electron chi connectivity index (χ4n) is 2.32. The van der Waals surface area contributed by atoms with Crippen molar-refractivity contribution >= 4 is 5.83 Å². The zero-order chi connectivity index (χ0) is 20.8.